The molecule has 34 heavy (non-hydrogen) atoms. The molecule has 2 aromatic rings. The van der Waals surface area contributed by atoms with Crippen molar-refractivity contribution in [3.63, 3.8) is 0 Å². The van der Waals surface area contributed by atoms with Gasteiger partial charge in [0.15, 0.2) is 0 Å². The van der Waals surface area contributed by atoms with Gasteiger partial charge >= 0.3 is 0 Å². The van der Waals surface area contributed by atoms with E-state index in [2.05, 4.69) is 29.2 Å². The Morgan fingerprint density at radius 1 is 0.853 bits per heavy atom. The van der Waals surface area contributed by atoms with Crippen LogP contribution in [0.15, 0.2) is 54.6 Å². The first-order valence-corrected chi connectivity index (χ1v) is 12.6. The second-order valence-corrected chi connectivity index (χ2v) is 9.47. The Labute approximate surface area is 203 Å². The fourth-order valence-corrected chi connectivity index (χ4v) is 5.09. The molecule has 2 amide bonds. The van der Waals surface area contributed by atoms with E-state index in [0.29, 0.717) is 19.5 Å². The number of hydrogen-bond acceptors (Lipinski definition) is 4. The number of nitrogens with zero attached hydrogens (tertiary/aromatic N) is 3. The van der Waals surface area contributed by atoms with E-state index in [4.69, 9.17) is 4.74 Å². The van der Waals surface area contributed by atoms with Crippen LogP contribution in [0.3, 0.4) is 0 Å². The maximum absolute atomic E-state index is 13.3. The van der Waals surface area contributed by atoms with Crippen molar-refractivity contribution in [2.75, 3.05) is 46.4 Å². The molecule has 4 rings (SSSR count). The third-order valence-corrected chi connectivity index (χ3v) is 7.05. The predicted octanol–water partition coefficient (Wildman–Crippen LogP) is 3.60. The third kappa shape index (κ3) is 6.60. The summed E-state index contributed by atoms with van der Waals surface area (Å²) in [5, 5.41) is 0. The zero-order chi connectivity index (χ0) is 23.8. The van der Waals surface area contributed by atoms with Gasteiger partial charge in [0.2, 0.25) is 11.8 Å². The number of ether oxygens (including phenoxy) is 1. The molecule has 2 aliphatic rings. The smallest absolute Gasteiger partial charge is 0.227 e. The topological polar surface area (TPSA) is 53.1 Å². The van der Waals surface area contributed by atoms with Gasteiger partial charge in [0.05, 0.1) is 13.0 Å². The lowest BCUT2D eigenvalue weighted by atomic mass is 9.96. The second kappa shape index (κ2) is 12.0. The molecule has 2 heterocycles. The minimum Gasteiger partial charge on any atom is -0.497 e. The van der Waals surface area contributed by atoms with Crippen molar-refractivity contribution in [2.45, 2.75) is 38.6 Å². The van der Waals surface area contributed by atoms with Gasteiger partial charge in [-0.1, -0.05) is 42.5 Å². The summed E-state index contributed by atoms with van der Waals surface area (Å²) in [4.78, 5) is 32.5. The zero-order valence-corrected chi connectivity index (χ0v) is 20.3. The van der Waals surface area contributed by atoms with E-state index in [0.717, 1.165) is 69.7 Å². The molecular formula is C28H37N3O3. The van der Waals surface area contributed by atoms with Crippen molar-refractivity contribution in [1.82, 2.24) is 14.7 Å². The normalized spacial score (nSPS) is 19.5. The molecule has 2 aliphatic heterocycles. The van der Waals surface area contributed by atoms with Crippen LogP contribution in [-0.2, 0) is 22.6 Å². The maximum atomic E-state index is 13.3. The van der Waals surface area contributed by atoms with Gasteiger partial charge in [-0.3, -0.25) is 14.5 Å². The van der Waals surface area contributed by atoms with Crippen LogP contribution >= 0.6 is 0 Å². The van der Waals surface area contributed by atoms with Crippen molar-refractivity contribution in [1.29, 1.82) is 0 Å². The van der Waals surface area contributed by atoms with Gasteiger partial charge in [-0.05, 0) is 55.5 Å². The summed E-state index contributed by atoms with van der Waals surface area (Å²) < 4.78 is 5.20. The van der Waals surface area contributed by atoms with Gasteiger partial charge in [-0.2, -0.15) is 0 Å². The Morgan fingerprint density at radius 3 is 2.35 bits per heavy atom. The molecule has 2 fully saturated rings. The Kier molecular flexibility index (Phi) is 8.58. The molecule has 6 heteroatoms. The minimum atomic E-state index is 0.0646. The molecule has 0 saturated carbocycles. The van der Waals surface area contributed by atoms with Crippen LogP contribution in [0.5, 0.6) is 5.75 Å². The number of likely N-dealkylation sites (tertiary alicyclic amines) is 1. The van der Waals surface area contributed by atoms with Crippen LogP contribution in [0.4, 0.5) is 0 Å². The van der Waals surface area contributed by atoms with E-state index in [-0.39, 0.29) is 17.7 Å². The molecule has 6 nitrogen and oxygen atoms in total. The molecule has 0 N–H and O–H groups in total. The van der Waals surface area contributed by atoms with E-state index in [1.54, 1.807) is 7.11 Å². The summed E-state index contributed by atoms with van der Waals surface area (Å²) in [7, 11) is 1.65. The van der Waals surface area contributed by atoms with Gasteiger partial charge < -0.3 is 14.5 Å². The van der Waals surface area contributed by atoms with Crippen molar-refractivity contribution < 1.29 is 14.3 Å². The average Bonchev–Trinajstić information content (AvgIpc) is 3.14. The quantitative estimate of drug-likeness (QED) is 0.630. The maximum Gasteiger partial charge on any atom is 0.227 e. The fraction of sp³-hybridized carbons (Fsp3) is 0.500. The number of benzene rings is 2. The van der Waals surface area contributed by atoms with Crippen molar-refractivity contribution in [2.24, 2.45) is 5.92 Å². The first-order chi connectivity index (χ1) is 16.6. The number of aryl methyl sites for hydroxylation is 1. The Morgan fingerprint density at radius 2 is 1.59 bits per heavy atom. The summed E-state index contributed by atoms with van der Waals surface area (Å²) >= 11 is 0. The van der Waals surface area contributed by atoms with Crippen molar-refractivity contribution in [3.05, 3.63) is 65.7 Å². The molecule has 2 saturated heterocycles. The highest BCUT2D eigenvalue weighted by Gasteiger charge is 2.30. The molecule has 2 aromatic carbocycles. The zero-order valence-electron chi connectivity index (χ0n) is 20.3. The number of piperidine rings is 1. The molecule has 0 aromatic heterocycles. The number of amides is 2. The predicted molar refractivity (Wildman–Crippen MR) is 134 cm³/mol. The average molecular weight is 464 g/mol. The van der Waals surface area contributed by atoms with E-state index < -0.39 is 0 Å². The first kappa shape index (κ1) is 24.3. The number of hydrogen-bond donors (Lipinski definition) is 0. The SMILES string of the molecule is COc1ccc(CCC(=O)N2CCCN(C(=O)C3CCCN(Cc4ccccc4)C3)CC2)cc1. The van der Waals surface area contributed by atoms with E-state index in [1.165, 1.54) is 5.56 Å². The van der Waals surface area contributed by atoms with Gasteiger partial charge in [-0.25, -0.2) is 0 Å². The van der Waals surface area contributed by atoms with Crippen molar-refractivity contribution in [3.8, 4) is 5.75 Å². The van der Waals surface area contributed by atoms with Gasteiger partial charge in [-0.15, -0.1) is 0 Å². The lowest BCUT2D eigenvalue weighted by Gasteiger charge is -2.34. The van der Waals surface area contributed by atoms with Gasteiger partial charge in [0.1, 0.15) is 5.75 Å². The van der Waals surface area contributed by atoms with E-state index in [1.807, 2.05) is 40.1 Å². The first-order valence-electron chi connectivity index (χ1n) is 12.6. The third-order valence-electron chi connectivity index (χ3n) is 7.05. The van der Waals surface area contributed by atoms with E-state index in [9.17, 15) is 9.59 Å². The van der Waals surface area contributed by atoms with Gasteiger partial charge in [0, 0.05) is 45.7 Å². The summed E-state index contributed by atoms with van der Waals surface area (Å²) in [5.74, 6) is 1.34. The largest absolute Gasteiger partial charge is 0.497 e. The van der Waals surface area contributed by atoms with Crippen LogP contribution in [0, 0.1) is 5.92 Å². The standard InChI is InChI=1S/C28H37N3O3/c1-34-26-13-10-23(11-14-26)12-15-27(32)30-17-6-18-31(20-19-30)28(33)25-9-5-16-29(22-25)21-24-7-3-2-4-8-24/h2-4,7-8,10-11,13-14,25H,5-6,9,12,15-22H2,1H3. The number of methoxy groups -OCH3 is 1. The highest BCUT2D eigenvalue weighted by atomic mass is 16.5. The Bertz CT molecular complexity index is 932. The number of carbonyl (C=O) groups excluding carboxylic acids is 2. The summed E-state index contributed by atoms with van der Waals surface area (Å²) in [6, 6.07) is 18.4. The summed E-state index contributed by atoms with van der Waals surface area (Å²) in [6.45, 7) is 5.53. The molecule has 0 radical (unpaired) electrons. The van der Waals surface area contributed by atoms with Crippen LogP contribution in [0.1, 0.15) is 36.8 Å². The summed E-state index contributed by atoms with van der Waals surface area (Å²) in [6.07, 6.45) is 4.09. The molecule has 0 bridgehead atoms. The fourth-order valence-electron chi connectivity index (χ4n) is 5.09. The molecule has 0 spiro atoms. The van der Waals surface area contributed by atoms with Crippen LogP contribution in [0.2, 0.25) is 0 Å². The molecule has 182 valence electrons. The van der Waals surface area contributed by atoms with Crippen LogP contribution in [0.25, 0.3) is 0 Å². The van der Waals surface area contributed by atoms with Crippen molar-refractivity contribution >= 4 is 11.8 Å². The highest BCUT2D eigenvalue weighted by Crippen LogP contribution is 2.22. The minimum absolute atomic E-state index is 0.0646. The lowest BCUT2D eigenvalue weighted by Crippen LogP contribution is -2.45. The molecule has 1 atom stereocenters. The molecule has 0 aliphatic carbocycles. The monoisotopic (exact) mass is 463 g/mol. The van der Waals surface area contributed by atoms with Crippen LogP contribution < -0.4 is 4.74 Å². The number of rotatable bonds is 7. The molecular weight excluding hydrogens is 426 g/mol. The second-order valence-electron chi connectivity index (χ2n) is 9.47. The highest BCUT2D eigenvalue weighted by molar-refractivity contribution is 5.80. The Balaban J connectivity index is 1.24. The lowest BCUT2D eigenvalue weighted by molar-refractivity contribution is -0.138. The van der Waals surface area contributed by atoms with Crippen LogP contribution in [-0.4, -0.2) is 72.9 Å². The van der Waals surface area contributed by atoms with E-state index >= 15 is 0 Å². The Hall–Kier alpha value is -2.86. The summed E-state index contributed by atoms with van der Waals surface area (Å²) in [5.41, 5.74) is 2.44. The molecule has 1 unspecified atom stereocenters. The number of carbonyl (C=O) groups is 2. The van der Waals surface area contributed by atoms with Gasteiger partial charge in [0.25, 0.3) is 0 Å².